The summed E-state index contributed by atoms with van der Waals surface area (Å²) in [6.07, 6.45) is 0. The van der Waals surface area contributed by atoms with Gasteiger partial charge in [0.05, 0.1) is 6.54 Å². The molecule has 0 bridgehead atoms. The van der Waals surface area contributed by atoms with Crippen LogP contribution in [0.3, 0.4) is 0 Å². The normalized spacial score (nSPS) is 10.4. The first-order valence-corrected chi connectivity index (χ1v) is 5.12. The molecule has 1 aromatic heterocycles. The fraction of sp³-hybridized carbons (Fsp3) is 0.0769. The van der Waals surface area contributed by atoms with E-state index in [-0.39, 0.29) is 19.3 Å². The molecule has 0 aliphatic rings. The molecule has 17 heavy (non-hydrogen) atoms. The zero-order valence-electron chi connectivity index (χ0n) is 9.06. The lowest BCUT2D eigenvalue weighted by molar-refractivity contribution is 0.284. The van der Waals surface area contributed by atoms with E-state index in [0.717, 1.165) is 16.7 Å². The molecule has 1 heterocycles. The molecule has 0 spiro atoms. The summed E-state index contributed by atoms with van der Waals surface area (Å²) in [5.41, 5.74) is 2.82. The maximum Gasteiger partial charge on any atom is 0.181 e. The predicted molar refractivity (Wildman–Crippen MR) is 70.1 cm³/mol. The van der Waals surface area contributed by atoms with Gasteiger partial charge < -0.3 is 4.52 Å². The molecule has 0 saturated heterocycles. The largest absolute Gasteiger partial charge is 0.377 e. The van der Waals surface area contributed by atoms with Crippen LogP contribution in [0.2, 0.25) is 0 Å². The van der Waals surface area contributed by atoms with Crippen molar-refractivity contribution in [2.24, 2.45) is 0 Å². The second-order valence-corrected chi connectivity index (χ2v) is 3.73. The van der Waals surface area contributed by atoms with E-state index in [1.54, 1.807) is 10.8 Å². The molecule has 0 amide bonds. The number of benzene rings is 2. The van der Waals surface area contributed by atoms with Crippen molar-refractivity contribution in [3.63, 3.8) is 0 Å². The van der Waals surface area contributed by atoms with Gasteiger partial charge >= 0.3 is 0 Å². The zero-order valence-corrected chi connectivity index (χ0v) is 10.1. The van der Waals surface area contributed by atoms with Crippen LogP contribution in [0.25, 0.3) is 11.1 Å². The van der Waals surface area contributed by atoms with Gasteiger partial charge in [-0.2, -0.15) is 13.5 Å². The highest BCUT2D eigenvalue weighted by Gasteiger charge is 2.07. The quantitative estimate of drug-likeness (QED) is 0.679. The molecule has 2 aromatic carbocycles. The lowest BCUT2D eigenvalue weighted by Gasteiger charge is -2.13. The van der Waals surface area contributed by atoms with Gasteiger partial charge in [0.2, 0.25) is 0 Å². The van der Waals surface area contributed by atoms with Crippen LogP contribution in [0.1, 0.15) is 5.56 Å². The van der Waals surface area contributed by atoms with Gasteiger partial charge in [0.25, 0.3) is 0 Å². The van der Waals surface area contributed by atoms with Crippen molar-refractivity contribution in [1.82, 2.24) is 4.74 Å². The van der Waals surface area contributed by atoms with Crippen molar-refractivity contribution in [2.45, 2.75) is 6.54 Å². The molecule has 3 rings (SSSR count). The first kappa shape index (κ1) is 11.8. The van der Waals surface area contributed by atoms with Crippen molar-refractivity contribution < 1.29 is 8.91 Å². The molecule has 0 unspecified atom stereocenters. The number of hydrogen-bond acceptors (Lipinski definition) is 1. The van der Waals surface area contributed by atoms with Crippen LogP contribution in [-0.4, -0.2) is 4.74 Å². The van der Waals surface area contributed by atoms with Crippen LogP contribution >= 0.6 is 13.5 Å². The van der Waals surface area contributed by atoms with Gasteiger partial charge in [0.1, 0.15) is 11.3 Å². The Bertz CT molecular complexity index is 629. The third kappa shape index (κ3) is 2.22. The Labute approximate surface area is 105 Å². The predicted octanol–water partition coefficient (Wildman–Crippen LogP) is 3.53. The van der Waals surface area contributed by atoms with Crippen molar-refractivity contribution >= 4 is 24.6 Å². The van der Waals surface area contributed by atoms with Crippen LogP contribution in [0, 0.1) is 5.82 Å². The summed E-state index contributed by atoms with van der Waals surface area (Å²) in [6, 6.07) is 14.3. The molecular formula is C13H12FNOS. The fourth-order valence-electron chi connectivity index (χ4n) is 1.79. The summed E-state index contributed by atoms with van der Waals surface area (Å²) < 4.78 is 20.2. The summed E-state index contributed by atoms with van der Waals surface area (Å²) in [7, 11) is 0. The lowest BCUT2D eigenvalue weighted by Crippen LogP contribution is -2.05. The standard InChI is InChI=1S/C13H10FNO.H2S/c14-11-5-3-4-10(8-11)9-15-12-6-1-2-7-13(12)16-15;/h1-8H,9H2;1H2. The maximum absolute atomic E-state index is 13.0. The van der Waals surface area contributed by atoms with Crippen LogP contribution in [0.4, 0.5) is 4.39 Å². The van der Waals surface area contributed by atoms with Crippen LogP contribution in [-0.2, 0) is 6.54 Å². The molecule has 0 atom stereocenters. The van der Waals surface area contributed by atoms with E-state index >= 15 is 0 Å². The molecule has 2 nitrogen and oxygen atoms in total. The summed E-state index contributed by atoms with van der Waals surface area (Å²) in [5.74, 6) is -0.216. The number of nitrogens with zero attached hydrogens (tertiary/aromatic N) is 1. The van der Waals surface area contributed by atoms with E-state index < -0.39 is 0 Å². The van der Waals surface area contributed by atoms with E-state index in [1.807, 2.05) is 30.3 Å². The highest BCUT2D eigenvalue weighted by Crippen LogP contribution is 2.19. The Kier molecular flexibility index (Phi) is 3.24. The average molecular weight is 249 g/mol. The third-order valence-corrected chi connectivity index (χ3v) is 2.56. The summed E-state index contributed by atoms with van der Waals surface area (Å²) in [6.45, 7) is 0.564. The van der Waals surface area contributed by atoms with Crippen LogP contribution in [0.5, 0.6) is 0 Å². The smallest absolute Gasteiger partial charge is 0.181 e. The van der Waals surface area contributed by atoms with Gasteiger partial charge in [-0.1, -0.05) is 24.3 Å². The molecule has 0 fully saturated rings. The van der Waals surface area contributed by atoms with Crippen LogP contribution in [0.15, 0.2) is 53.1 Å². The number of hydrogen-bond donors (Lipinski definition) is 0. The van der Waals surface area contributed by atoms with Gasteiger partial charge in [-0.15, -0.1) is 0 Å². The van der Waals surface area contributed by atoms with E-state index in [0.29, 0.717) is 6.54 Å². The average Bonchev–Trinajstić information content (AvgIpc) is 2.26. The number of halogens is 1. The van der Waals surface area contributed by atoms with Crippen molar-refractivity contribution in [1.29, 1.82) is 0 Å². The molecular weight excluding hydrogens is 237 g/mol. The Morgan fingerprint density at radius 3 is 2.65 bits per heavy atom. The molecule has 88 valence electrons. The number of fused-ring (bicyclic) bond motifs is 1. The third-order valence-electron chi connectivity index (χ3n) is 2.56. The van der Waals surface area contributed by atoms with Gasteiger partial charge in [-0.05, 0) is 29.8 Å². The number of para-hydroxylation sites is 2. The minimum Gasteiger partial charge on any atom is -0.377 e. The van der Waals surface area contributed by atoms with E-state index in [4.69, 9.17) is 4.52 Å². The lowest BCUT2D eigenvalue weighted by atomic mass is 10.2. The van der Waals surface area contributed by atoms with Gasteiger partial charge in [0, 0.05) is 0 Å². The van der Waals surface area contributed by atoms with Gasteiger partial charge in [0.15, 0.2) is 5.58 Å². The van der Waals surface area contributed by atoms with E-state index in [1.165, 1.54) is 12.1 Å². The Morgan fingerprint density at radius 2 is 1.88 bits per heavy atom. The molecule has 3 aromatic rings. The van der Waals surface area contributed by atoms with Gasteiger partial charge in [-0.3, -0.25) is 0 Å². The number of aromatic nitrogens is 1. The Balaban J connectivity index is 0.00000108. The zero-order chi connectivity index (χ0) is 11.0. The van der Waals surface area contributed by atoms with E-state index in [9.17, 15) is 4.39 Å². The molecule has 0 saturated carbocycles. The summed E-state index contributed by atoms with van der Waals surface area (Å²) >= 11 is 0. The summed E-state index contributed by atoms with van der Waals surface area (Å²) in [4.78, 5) is 0. The molecule has 0 aliphatic carbocycles. The molecule has 0 N–H and O–H groups in total. The fourth-order valence-corrected chi connectivity index (χ4v) is 1.79. The molecule has 0 aliphatic heterocycles. The highest BCUT2D eigenvalue weighted by atomic mass is 32.1. The van der Waals surface area contributed by atoms with Gasteiger partial charge in [-0.25, -0.2) is 9.13 Å². The molecule has 4 heteroatoms. The van der Waals surface area contributed by atoms with Crippen molar-refractivity contribution in [3.8, 4) is 0 Å². The first-order valence-electron chi connectivity index (χ1n) is 5.12. The second-order valence-electron chi connectivity index (χ2n) is 3.73. The topological polar surface area (TPSA) is 18.1 Å². The molecule has 0 radical (unpaired) electrons. The summed E-state index contributed by atoms with van der Waals surface area (Å²) in [5, 5.41) is 0. The second kappa shape index (κ2) is 4.67. The first-order chi connectivity index (χ1) is 7.83. The van der Waals surface area contributed by atoms with Crippen molar-refractivity contribution in [2.75, 3.05) is 0 Å². The Morgan fingerprint density at radius 1 is 1.06 bits per heavy atom. The number of rotatable bonds is 2. The maximum atomic E-state index is 13.0. The van der Waals surface area contributed by atoms with Crippen LogP contribution < -0.4 is 0 Å². The minimum absolute atomic E-state index is 0. The highest BCUT2D eigenvalue weighted by molar-refractivity contribution is 7.59. The minimum atomic E-state index is -0.216. The van der Waals surface area contributed by atoms with Crippen molar-refractivity contribution in [3.05, 3.63) is 59.9 Å². The SMILES string of the molecule is Fc1cccc(Cn2oc3ccccc32)c1.S. The Hall–Kier alpha value is -1.68. The van der Waals surface area contributed by atoms with E-state index in [2.05, 4.69) is 0 Å². The monoisotopic (exact) mass is 249 g/mol.